The number of ether oxygens (including phenoxy) is 1. The molecule has 2 aromatic rings. The molecule has 1 N–H and O–H groups in total. The van der Waals surface area contributed by atoms with Gasteiger partial charge in [-0.05, 0) is 55.3 Å². The van der Waals surface area contributed by atoms with Gasteiger partial charge in [0, 0.05) is 29.5 Å². The zero-order chi connectivity index (χ0) is 24.2. The molecule has 0 saturated carbocycles. The van der Waals surface area contributed by atoms with Gasteiger partial charge in [-0.25, -0.2) is 13.2 Å². The molecule has 2 amide bonds. The van der Waals surface area contributed by atoms with Gasteiger partial charge in [-0.2, -0.15) is 0 Å². The zero-order valence-electron chi connectivity index (χ0n) is 18.4. The van der Waals surface area contributed by atoms with Crippen molar-refractivity contribution >= 4 is 54.9 Å². The maximum absolute atomic E-state index is 13.1. The monoisotopic (exact) mass is 536 g/mol. The molecule has 10 heteroatoms. The van der Waals surface area contributed by atoms with Crippen molar-refractivity contribution < 1.29 is 27.5 Å². The topological polar surface area (TPSA) is 110 Å². The number of amides is 2. The Balaban J connectivity index is 1.71. The lowest BCUT2D eigenvalue weighted by molar-refractivity contribution is -0.118. The van der Waals surface area contributed by atoms with Crippen molar-refractivity contribution in [3.05, 3.63) is 52.0 Å². The third-order valence-corrected chi connectivity index (χ3v) is 7.39. The molecule has 1 aliphatic rings. The number of nitrogens with one attached hydrogen (secondary N) is 1. The first kappa shape index (κ1) is 24.9. The van der Waals surface area contributed by atoms with Gasteiger partial charge < -0.3 is 15.0 Å². The summed E-state index contributed by atoms with van der Waals surface area (Å²) >= 11 is 3.35. The number of benzene rings is 2. The van der Waals surface area contributed by atoms with Crippen LogP contribution in [0.2, 0.25) is 0 Å². The molecule has 0 aliphatic carbocycles. The highest BCUT2D eigenvalue weighted by molar-refractivity contribution is 9.10. The van der Waals surface area contributed by atoms with Gasteiger partial charge >= 0.3 is 5.97 Å². The Morgan fingerprint density at radius 2 is 1.82 bits per heavy atom. The van der Waals surface area contributed by atoms with Crippen LogP contribution in [0.3, 0.4) is 0 Å². The SMILES string of the molecule is CCOC(=O)c1ccc(NC(=O)CCS(=O)(=O)c2cc(Br)cc3c2N(C(=O)CC)CC3)cc1. The van der Waals surface area contributed by atoms with Crippen LogP contribution in [-0.4, -0.2) is 45.1 Å². The summed E-state index contributed by atoms with van der Waals surface area (Å²) in [4.78, 5) is 38.0. The molecule has 1 heterocycles. The highest BCUT2D eigenvalue weighted by Gasteiger charge is 2.32. The minimum Gasteiger partial charge on any atom is -0.462 e. The van der Waals surface area contributed by atoms with Gasteiger partial charge in [-0.1, -0.05) is 22.9 Å². The van der Waals surface area contributed by atoms with Crippen LogP contribution in [0.1, 0.15) is 42.6 Å². The normalized spacial score (nSPS) is 12.9. The van der Waals surface area contributed by atoms with E-state index in [1.807, 2.05) is 6.07 Å². The molecule has 0 bridgehead atoms. The van der Waals surface area contributed by atoms with Gasteiger partial charge in [0.25, 0.3) is 0 Å². The summed E-state index contributed by atoms with van der Waals surface area (Å²) < 4.78 is 31.8. The van der Waals surface area contributed by atoms with Crippen LogP contribution in [0.15, 0.2) is 45.8 Å². The van der Waals surface area contributed by atoms with E-state index in [1.165, 1.54) is 23.1 Å². The molecule has 0 fully saturated rings. The van der Waals surface area contributed by atoms with Crippen LogP contribution in [0.25, 0.3) is 0 Å². The Morgan fingerprint density at radius 1 is 1.12 bits per heavy atom. The predicted octanol–water partition coefficient (Wildman–Crippen LogP) is 3.73. The summed E-state index contributed by atoms with van der Waals surface area (Å²) in [6.45, 7) is 4.14. The number of hydrogen-bond donors (Lipinski definition) is 1. The Hall–Kier alpha value is -2.72. The molecule has 2 aromatic carbocycles. The average molecular weight is 537 g/mol. The highest BCUT2D eigenvalue weighted by Crippen LogP contribution is 2.38. The second kappa shape index (κ2) is 10.5. The van der Waals surface area contributed by atoms with Crippen molar-refractivity contribution in [2.45, 2.75) is 38.0 Å². The van der Waals surface area contributed by atoms with E-state index in [-0.39, 0.29) is 30.3 Å². The lowest BCUT2D eigenvalue weighted by Crippen LogP contribution is -2.29. The lowest BCUT2D eigenvalue weighted by Gasteiger charge is -2.20. The predicted molar refractivity (Wildman–Crippen MR) is 128 cm³/mol. The number of hydrogen-bond acceptors (Lipinski definition) is 6. The van der Waals surface area contributed by atoms with Crippen molar-refractivity contribution in [3.8, 4) is 0 Å². The summed E-state index contributed by atoms with van der Waals surface area (Å²) in [6.07, 6.45) is 0.586. The number of halogens is 1. The van der Waals surface area contributed by atoms with Gasteiger partial charge in [0.15, 0.2) is 9.84 Å². The van der Waals surface area contributed by atoms with Crippen molar-refractivity contribution in [1.82, 2.24) is 0 Å². The molecular weight excluding hydrogens is 512 g/mol. The molecule has 176 valence electrons. The quantitative estimate of drug-likeness (QED) is 0.514. The van der Waals surface area contributed by atoms with E-state index in [1.54, 1.807) is 26.0 Å². The molecule has 33 heavy (non-hydrogen) atoms. The molecular formula is C23H25BrN2O6S. The fourth-order valence-corrected chi connectivity index (χ4v) is 5.78. The van der Waals surface area contributed by atoms with Crippen molar-refractivity contribution in [3.63, 3.8) is 0 Å². The first-order valence-electron chi connectivity index (χ1n) is 10.6. The van der Waals surface area contributed by atoms with Crippen LogP contribution in [0.5, 0.6) is 0 Å². The zero-order valence-corrected chi connectivity index (χ0v) is 20.8. The molecule has 0 unspecified atom stereocenters. The van der Waals surface area contributed by atoms with Crippen LogP contribution in [-0.2, 0) is 30.6 Å². The van der Waals surface area contributed by atoms with Gasteiger partial charge in [0.2, 0.25) is 11.8 Å². The fourth-order valence-electron chi connectivity index (χ4n) is 3.61. The summed E-state index contributed by atoms with van der Waals surface area (Å²) in [5.74, 6) is -1.48. The molecule has 3 rings (SSSR count). The van der Waals surface area contributed by atoms with Crippen LogP contribution >= 0.6 is 15.9 Å². The average Bonchev–Trinajstić information content (AvgIpc) is 3.21. The van der Waals surface area contributed by atoms with Crippen LogP contribution in [0, 0.1) is 0 Å². The number of sulfone groups is 1. The van der Waals surface area contributed by atoms with Gasteiger partial charge in [-0.15, -0.1) is 0 Å². The minimum absolute atomic E-state index is 0.0535. The number of esters is 1. The molecule has 0 spiro atoms. The minimum atomic E-state index is -3.84. The first-order valence-corrected chi connectivity index (χ1v) is 13.0. The van der Waals surface area contributed by atoms with Crippen LogP contribution in [0.4, 0.5) is 11.4 Å². The number of carbonyl (C=O) groups is 3. The van der Waals surface area contributed by atoms with E-state index in [0.29, 0.717) is 34.4 Å². The maximum Gasteiger partial charge on any atom is 0.338 e. The smallest absolute Gasteiger partial charge is 0.338 e. The molecule has 0 radical (unpaired) electrons. The second-order valence-electron chi connectivity index (χ2n) is 7.48. The van der Waals surface area contributed by atoms with E-state index >= 15 is 0 Å². The van der Waals surface area contributed by atoms with Gasteiger partial charge in [0.05, 0.1) is 28.5 Å². The van der Waals surface area contributed by atoms with Crippen LogP contribution < -0.4 is 10.2 Å². The van der Waals surface area contributed by atoms with Crippen molar-refractivity contribution in [2.24, 2.45) is 0 Å². The van der Waals surface area contributed by atoms with Crippen molar-refractivity contribution in [2.75, 3.05) is 29.1 Å². The standard InChI is InChI=1S/C23H25BrN2O6S/c1-3-21(28)26-11-9-16-13-17(24)14-19(22(16)26)33(30,31)12-10-20(27)25-18-7-5-15(6-8-18)23(29)32-4-2/h5-8,13-14H,3-4,9-12H2,1-2H3,(H,25,27). The number of nitrogens with zero attached hydrogens (tertiary/aromatic N) is 1. The number of anilines is 2. The number of carbonyl (C=O) groups excluding carboxylic acids is 3. The van der Waals surface area contributed by atoms with Crippen molar-refractivity contribution in [1.29, 1.82) is 0 Å². The molecule has 0 saturated heterocycles. The van der Waals surface area contributed by atoms with Gasteiger partial charge in [-0.3, -0.25) is 9.59 Å². The van der Waals surface area contributed by atoms with E-state index in [9.17, 15) is 22.8 Å². The van der Waals surface area contributed by atoms with Gasteiger partial charge in [0.1, 0.15) is 0 Å². The van der Waals surface area contributed by atoms with E-state index < -0.39 is 27.5 Å². The number of rotatable bonds is 8. The third-order valence-electron chi connectivity index (χ3n) is 5.21. The lowest BCUT2D eigenvalue weighted by atomic mass is 10.2. The summed E-state index contributed by atoms with van der Waals surface area (Å²) in [6, 6.07) is 9.45. The summed E-state index contributed by atoms with van der Waals surface area (Å²) in [7, 11) is -3.84. The Bertz CT molecular complexity index is 1180. The Labute approximate surface area is 201 Å². The Morgan fingerprint density at radius 3 is 2.45 bits per heavy atom. The first-order chi connectivity index (χ1) is 15.7. The second-order valence-corrected chi connectivity index (χ2v) is 10.5. The van der Waals surface area contributed by atoms with E-state index in [2.05, 4.69) is 21.2 Å². The third kappa shape index (κ3) is 5.80. The van der Waals surface area contributed by atoms with E-state index in [0.717, 1.165) is 5.56 Å². The summed E-state index contributed by atoms with van der Waals surface area (Å²) in [5, 5.41) is 2.63. The molecule has 0 aromatic heterocycles. The molecule has 0 atom stereocenters. The molecule has 8 nitrogen and oxygen atoms in total. The highest BCUT2D eigenvalue weighted by atomic mass is 79.9. The molecule has 1 aliphatic heterocycles. The Kier molecular flexibility index (Phi) is 7.91. The maximum atomic E-state index is 13.1. The summed E-state index contributed by atoms with van der Waals surface area (Å²) in [5.41, 5.74) is 2.00. The fraction of sp³-hybridized carbons (Fsp3) is 0.348. The largest absolute Gasteiger partial charge is 0.462 e. The van der Waals surface area contributed by atoms with E-state index in [4.69, 9.17) is 4.74 Å². The number of fused-ring (bicyclic) bond motifs is 1.